The van der Waals surface area contributed by atoms with Crippen molar-refractivity contribution in [2.45, 2.75) is 0 Å². The van der Waals surface area contributed by atoms with E-state index in [0.717, 1.165) is 13.1 Å². The molecule has 0 atom stereocenters. The number of nitro groups is 1. The Balaban J connectivity index is 2.43. The minimum atomic E-state index is -0.444. The van der Waals surface area contributed by atoms with E-state index < -0.39 is 4.92 Å². The van der Waals surface area contributed by atoms with Gasteiger partial charge in [0.25, 0.3) is 5.69 Å². The quantitative estimate of drug-likeness (QED) is 0.400. The summed E-state index contributed by atoms with van der Waals surface area (Å²) in [6, 6.07) is 6.14. The maximum absolute atomic E-state index is 10.6. The third-order valence-corrected chi connectivity index (χ3v) is 2.84. The molecule has 0 amide bonds. The summed E-state index contributed by atoms with van der Waals surface area (Å²) >= 11 is 11.4. The molecule has 5 nitrogen and oxygen atoms in total. The van der Waals surface area contributed by atoms with Gasteiger partial charge in [-0.2, -0.15) is 0 Å². The van der Waals surface area contributed by atoms with Crippen molar-refractivity contribution in [1.29, 1.82) is 0 Å². The van der Waals surface area contributed by atoms with Crippen molar-refractivity contribution >= 4 is 28.9 Å². The molecule has 0 bridgehead atoms. The fourth-order valence-corrected chi connectivity index (χ4v) is 2.03. The highest BCUT2D eigenvalue weighted by Gasteiger charge is 2.07. The topological polar surface area (TPSA) is 55.6 Å². The fourth-order valence-electron chi connectivity index (χ4n) is 1.55. The average Bonchev–Trinajstić information content (AvgIpc) is 2.39. The standard InChI is InChI=1S/C12H16Cl2N2O3/c13-4-6-15(7-5-14)8-9-19-12-3-1-2-11(10-12)16(17)18/h1-3,10H,4-9H2. The van der Waals surface area contributed by atoms with Gasteiger partial charge in [-0.05, 0) is 6.07 Å². The van der Waals surface area contributed by atoms with Gasteiger partial charge in [0.15, 0.2) is 0 Å². The van der Waals surface area contributed by atoms with Crippen molar-refractivity contribution < 1.29 is 9.66 Å². The smallest absolute Gasteiger partial charge is 0.273 e. The van der Waals surface area contributed by atoms with Crippen LogP contribution in [0.1, 0.15) is 0 Å². The van der Waals surface area contributed by atoms with E-state index in [1.54, 1.807) is 12.1 Å². The van der Waals surface area contributed by atoms with Crippen molar-refractivity contribution in [2.24, 2.45) is 0 Å². The van der Waals surface area contributed by atoms with Gasteiger partial charge in [0.2, 0.25) is 0 Å². The molecule has 106 valence electrons. The Morgan fingerprint density at radius 3 is 2.47 bits per heavy atom. The number of non-ortho nitro benzene ring substituents is 1. The molecule has 1 aromatic carbocycles. The first-order chi connectivity index (χ1) is 9.17. The second kappa shape index (κ2) is 8.96. The molecule has 1 aromatic rings. The molecule has 0 aliphatic heterocycles. The van der Waals surface area contributed by atoms with Gasteiger partial charge in [-0.15, -0.1) is 23.2 Å². The third kappa shape index (κ3) is 6.09. The van der Waals surface area contributed by atoms with Crippen LogP contribution in [0.4, 0.5) is 5.69 Å². The second-order valence-corrected chi connectivity index (χ2v) is 4.58. The van der Waals surface area contributed by atoms with Gasteiger partial charge in [0, 0.05) is 37.5 Å². The first kappa shape index (κ1) is 16.0. The lowest BCUT2D eigenvalue weighted by Crippen LogP contribution is -2.32. The molecular weight excluding hydrogens is 291 g/mol. The summed E-state index contributed by atoms with van der Waals surface area (Å²) in [5.41, 5.74) is 0.0240. The summed E-state index contributed by atoms with van der Waals surface area (Å²) in [5, 5.41) is 10.6. The molecule has 0 aliphatic carbocycles. The van der Waals surface area contributed by atoms with Crippen molar-refractivity contribution in [3.05, 3.63) is 34.4 Å². The van der Waals surface area contributed by atoms with Crippen LogP contribution in [0, 0.1) is 10.1 Å². The van der Waals surface area contributed by atoms with Gasteiger partial charge in [-0.3, -0.25) is 15.0 Å². The van der Waals surface area contributed by atoms with Crippen molar-refractivity contribution in [1.82, 2.24) is 4.90 Å². The van der Waals surface area contributed by atoms with E-state index in [1.807, 2.05) is 0 Å². The van der Waals surface area contributed by atoms with Gasteiger partial charge in [0.05, 0.1) is 11.0 Å². The summed E-state index contributed by atoms with van der Waals surface area (Å²) in [7, 11) is 0. The molecule has 0 saturated heterocycles. The number of hydrogen-bond donors (Lipinski definition) is 0. The molecule has 1 rings (SSSR count). The molecule has 0 spiro atoms. The third-order valence-electron chi connectivity index (χ3n) is 2.51. The lowest BCUT2D eigenvalue weighted by atomic mass is 10.3. The van der Waals surface area contributed by atoms with Crippen LogP contribution in [-0.4, -0.2) is 47.8 Å². The minimum Gasteiger partial charge on any atom is -0.492 e. The number of nitro benzene ring substituents is 1. The zero-order valence-electron chi connectivity index (χ0n) is 10.4. The number of rotatable bonds is 9. The Morgan fingerprint density at radius 1 is 1.21 bits per heavy atom. The van der Waals surface area contributed by atoms with Crippen LogP contribution < -0.4 is 4.74 Å². The fraction of sp³-hybridized carbons (Fsp3) is 0.500. The maximum atomic E-state index is 10.6. The Labute approximate surface area is 122 Å². The van der Waals surface area contributed by atoms with Crippen molar-refractivity contribution in [2.75, 3.05) is 38.0 Å². The summed E-state index contributed by atoms with van der Waals surface area (Å²) in [5.74, 6) is 1.56. The van der Waals surface area contributed by atoms with Crippen LogP contribution in [0.25, 0.3) is 0 Å². The highest BCUT2D eigenvalue weighted by Crippen LogP contribution is 2.18. The van der Waals surface area contributed by atoms with Gasteiger partial charge >= 0.3 is 0 Å². The van der Waals surface area contributed by atoms with Crippen molar-refractivity contribution in [3.8, 4) is 5.75 Å². The SMILES string of the molecule is O=[N+]([O-])c1cccc(OCCN(CCCl)CCCl)c1. The molecule has 0 N–H and O–H groups in total. The largest absolute Gasteiger partial charge is 0.492 e. The van der Waals surface area contributed by atoms with Crippen LogP contribution in [-0.2, 0) is 0 Å². The molecule has 0 radical (unpaired) electrons. The van der Waals surface area contributed by atoms with Crippen molar-refractivity contribution in [3.63, 3.8) is 0 Å². The van der Waals surface area contributed by atoms with Gasteiger partial charge < -0.3 is 4.74 Å². The molecule has 0 saturated carbocycles. The molecular formula is C12H16Cl2N2O3. The summed E-state index contributed by atoms with van der Waals surface area (Å²) < 4.78 is 5.49. The molecule has 0 unspecified atom stereocenters. The van der Waals surface area contributed by atoms with Gasteiger partial charge in [-0.1, -0.05) is 6.07 Å². The molecule has 7 heteroatoms. The Hall–Kier alpha value is -1.04. The normalized spacial score (nSPS) is 10.7. The number of nitrogens with zero attached hydrogens (tertiary/aromatic N) is 2. The van der Waals surface area contributed by atoms with E-state index in [4.69, 9.17) is 27.9 Å². The monoisotopic (exact) mass is 306 g/mol. The lowest BCUT2D eigenvalue weighted by Gasteiger charge is -2.19. The van der Waals surface area contributed by atoms with E-state index in [9.17, 15) is 10.1 Å². The van der Waals surface area contributed by atoms with Crippen LogP contribution in [0.2, 0.25) is 0 Å². The van der Waals surface area contributed by atoms with Gasteiger partial charge in [-0.25, -0.2) is 0 Å². The van der Waals surface area contributed by atoms with E-state index in [-0.39, 0.29) is 5.69 Å². The predicted octanol–water partition coefficient (Wildman–Crippen LogP) is 2.75. The zero-order valence-corrected chi connectivity index (χ0v) is 11.9. The molecule has 0 aliphatic rings. The summed E-state index contributed by atoms with van der Waals surface area (Å²) in [6.07, 6.45) is 0. The Morgan fingerprint density at radius 2 is 1.89 bits per heavy atom. The van der Waals surface area contributed by atoms with Gasteiger partial charge in [0.1, 0.15) is 12.4 Å². The lowest BCUT2D eigenvalue weighted by molar-refractivity contribution is -0.384. The first-order valence-corrected chi connectivity index (χ1v) is 6.96. The number of hydrogen-bond acceptors (Lipinski definition) is 4. The highest BCUT2D eigenvalue weighted by atomic mass is 35.5. The first-order valence-electron chi connectivity index (χ1n) is 5.89. The van der Waals surface area contributed by atoms with E-state index in [1.165, 1.54) is 12.1 Å². The molecule has 19 heavy (non-hydrogen) atoms. The molecule has 0 aromatic heterocycles. The molecule has 0 heterocycles. The highest BCUT2D eigenvalue weighted by molar-refractivity contribution is 6.18. The predicted molar refractivity (Wildman–Crippen MR) is 76.5 cm³/mol. The Kier molecular flexibility index (Phi) is 7.55. The van der Waals surface area contributed by atoms with E-state index in [2.05, 4.69) is 4.90 Å². The average molecular weight is 307 g/mol. The number of halogens is 2. The maximum Gasteiger partial charge on any atom is 0.273 e. The van der Waals surface area contributed by atoms with Crippen LogP contribution >= 0.6 is 23.2 Å². The summed E-state index contributed by atoms with van der Waals surface area (Å²) in [4.78, 5) is 12.3. The second-order valence-electron chi connectivity index (χ2n) is 3.82. The number of alkyl halides is 2. The van der Waals surface area contributed by atoms with E-state index in [0.29, 0.717) is 30.7 Å². The van der Waals surface area contributed by atoms with E-state index >= 15 is 0 Å². The van der Waals surface area contributed by atoms with Crippen LogP contribution in [0.15, 0.2) is 24.3 Å². The minimum absolute atomic E-state index is 0.0240. The number of ether oxygens (including phenoxy) is 1. The molecule has 0 fully saturated rings. The zero-order chi connectivity index (χ0) is 14.1. The summed E-state index contributed by atoms with van der Waals surface area (Å²) in [6.45, 7) is 2.61. The number of benzene rings is 1. The Bertz CT molecular complexity index is 398. The van der Waals surface area contributed by atoms with Crippen LogP contribution in [0.5, 0.6) is 5.75 Å². The van der Waals surface area contributed by atoms with Crippen LogP contribution in [0.3, 0.4) is 0 Å².